The van der Waals surface area contributed by atoms with Crippen LogP contribution < -0.4 is 15.2 Å². The number of ether oxygens (including phenoxy) is 2. The molecule has 0 aliphatic rings. The predicted molar refractivity (Wildman–Crippen MR) is 55.1 cm³/mol. The maximum absolute atomic E-state index is 5.54. The van der Waals surface area contributed by atoms with Crippen LogP contribution in [-0.4, -0.2) is 14.2 Å². The molecule has 13 heavy (non-hydrogen) atoms. The van der Waals surface area contributed by atoms with E-state index in [2.05, 4.69) is 15.9 Å². The Kier molecular flexibility index (Phi) is 3.57. The van der Waals surface area contributed by atoms with E-state index in [4.69, 9.17) is 15.2 Å². The van der Waals surface area contributed by atoms with Gasteiger partial charge in [0.1, 0.15) is 0 Å². The summed E-state index contributed by atoms with van der Waals surface area (Å²) in [5.74, 6) is 1.39. The first-order valence-electron chi connectivity index (χ1n) is 3.84. The van der Waals surface area contributed by atoms with Crippen molar-refractivity contribution in [1.29, 1.82) is 0 Å². The number of benzene rings is 1. The molecule has 0 amide bonds. The van der Waals surface area contributed by atoms with E-state index in [0.717, 1.165) is 10.0 Å². The van der Waals surface area contributed by atoms with Gasteiger partial charge in [-0.3, -0.25) is 0 Å². The van der Waals surface area contributed by atoms with Gasteiger partial charge in [0, 0.05) is 6.54 Å². The highest BCUT2D eigenvalue weighted by molar-refractivity contribution is 9.10. The molecule has 1 aromatic rings. The lowest BCUT2D eigenvalue weighted by Crippen LogP contribution is -2.00. The van der Waals surface area contributed by atoms with Crippen molar-refractivity contribution in [3.63, 3.8) is 0 Å². The van der Waals surface area contributed by atoms with Crippen LogP contribution in [0.25, 0.3) is 0 Å². The summed E-state index contributed by atoms with van der Waals surface area (Å²) in [5.41, 5.74) is 6.54. The monoisotopic (exact) mass is 245 g/mol. The smallest absolute Gasteiger partial charge is 0.175 e. The average Bonchev–Trinajstić information content (AvgIpc) is 2.17. The van der Waals surface area contributed by atoms with Crippen LogP contribution in [0.5, 0.6) is 11.5 Å². The highest BCUT2D eigenvalue weighted by atomic mass is 79.9. The van der Waals surface area contributed by atoms with Crippen molar-refractivity contribution in [3.05, 3.63) is 22.2 Å². The zero-order chi connectivity index (χ0) is 9.84. The van der Waals surface area contributed by atoms with E-state index < -0.39 is 0 Å². The molecule has 2 N–H and O–H groups in total. The third-order valence-corrected chi connectivity index (χ3v) is 2.65. The minimum absolute atomic E-state index is 0.473. The van der Waals surface area contributed by atoms with E-state index in [9.17, 15) is 0 Å². The van der Waals surface area contributed by atoms with Crippen LogP contribution in [0.2, 0.25) is 0 Å². The molecular weight excluding hydrogens is 234 g/mol. The molecule has 0 atom stereocenters. The van der Waals surface area contributed by atoms with Crippen molar-refractivity contribution in [3.8, 4) is 11.5 Å². The molecule has 0 aliphatic heterocycles. The molecule has 0 saturated heterocycles. The van der Waals surface area contributed by atoms with Crippen LogP contribution in [0, 0.1) is 0 Å². The van der Waals surface area contributed by atoms with Crippen molar-refractivity contribution < 1.29 is 9.47 Å². The highest BCUT2D eigenvalue weighted by Crippen LogP contribution is 2.37. The van der Waals surface area contributed by atoms with Gasteiger partial charge < -0.3 is 15.2 Å². The summed E-state index contributed by atoms with van der Waals surface area (Å²) in [5, 5.41) is 0. The van der Waals surface area contributed by atoms with Crippen LogP contribution in [0.3, 0.4) is 0 Å². The topological polar surface area (TPSA) is 44.5 Å². The Labute approximate surface area is 86.0 Å². The molecule has 72 valence electrons. The quantitative estimate of drug-likeness (QED) is 0.886. The van der Waals surface area contributed by atoms with E-state index in [1.807, 2.05) is 12.1 Å². The third kappa shape index (κ3) is 1.95. The van der Waals surface area contributed by atoms with Gasteiger partial charge in [0.05, 0.1) is 18.7 Å². The van der Waals surface area contributed by atoms with Gasteiger partial charge in [-0.25, -0.2) is 0 Å². The summed E-state index contributed by atoms with van der Waals surface area (Å²) >= 11 is 3.41. The number of halogens is 1. The Balaban J connectivity index is 3.23. The van der Waals surface area contributed by atoms with Gasteiger partial charge in [-0.15, -0.1) is 0 Å². The third-order valence-electron chi connectivity index (χ3n) is 1.78. The van der Waals surface area contributed by atoms with Crippen LogP contribution >= 0.6 is 15.9 Å². The van der Waals surface area contributed by atoms with E-state index >= 15 is 0 Å². The first kappa shape index (κ1) is 10.3. The molecule has 0 bridgehead atoms. The van der Waals surface area contributed by atoms with Crippen molar-refractivity contribution in [2.24, 2.45) is 5.73 Å². The van der Waals surface area contributed by atoms with Gasteiger partial charge in [0.25, 0.3) is 0 Å². The molecule has 4 heteroatoms. The van der Waals surface area contributed by atoms with E-state index in [0.29, 0.717) is 18.0 Å². The lowest BCUT2D eigenvalue weighted by Gasteiger charge is -2.11. The summed E-state index contributed by atoms with van der Waals surface area (Å²) in [6.07, 6.45) is 0. The van der Waals surface area contributed by atoms with Crippen LogP contribution in [0.4, 0.5) is 0 Å². The van der Waals surface area contributed by atoms with Gasteiger partial charge in [-0.1, -0.05) is 6.07 Å². The fourth-order valence-electron chi connectivity index (χ4n) is 1.09. The molecule has 0 aliphatic carbocycles. The van der Waals surface area contributed by atoms with Crippen LogP contribution in [0.15, 0.2) is 16.6 Å². The fourth-order valence-corrected chi connectivity index (χ4v) is 1.74. The lowest BCUT2D eigenvalue weighted by molar-refractivity contribution is 0.352. The molecule has 3 nitrogen and oxygen atoms in total. The van der Waals surface area contributed by atoms with Crippen molar-refractivity contribution in [2.75, 3.05) is 14.2 Å². The molecule has 0 radical (unpaired) electrons. The maximum atomic E-state index is 5.54. The normalized spacial score (nSPS) is 9.85. The van der Waals surface area contributed by atoms with E-state index in [-0.39, 0.29) is 0 Å². The molecule has 1 rings (SSSR count). The minimum Gasteiger partial charge on any atom is -0.493 e. The largest absolute Gasteiger partial charge is 0.493 e. The van der Waals surface area contributed by atoms with Crippen molar-refractivity contribution in [2.45, 2.75) is 6.54 Å². The Morgan fingerprint density at radius 1 is 1.31 bits per heavy atom. The van der Waals surface area contributed by atoms with Gasteiger partial charge in [-0.05, 0) is 27.6 Å². The number of hydrogen-bond acceptors (Lipinski definition) is 3. The predicted octanol–water partition coefficient (Wildman–Crippen LogP) is 1.92. The van der Waals surface area contributed by atoms with E-state index in [1.165, 1.54) is 0 Å². The lowest BCUT2D eigenvalue weighted by atomic mass is 10.2. The van der Waals surface area contributed by atoms with Crippen LogP contribution in [-0.2, 0) is 6.54 Å². The number of rotatable bonds is 3. The average molecular weight is 246 g/mol. The van der Waals surface area contributed by atoms with Gasteiger partial charge in [0.15, 0.2) is 11.5 Å². The molecule has 0 unspecified atom stereocenters. The number of methoxy groups -OCH3 is 2. The minimum atomic E-state index is 0.473. The second kappa shape index (κ2) is 4.48. The summed E-state index contributed by atoms with van der Waals surface area (Å²) in [6, 6.07) is 3.75. The zero-order valence-corrected chi connectivity index (χ0v) is 9.22. The van der Waals surface area contributed by atoms with Crippen molar-refractivity contribution >= 4 is 15.9 Å². The summed E-state index contributed by atoms with van der Waals surface area (Å²) in [6.45, 7) is 0.473. The summed E-state index contributed by atoms with van der Waals surface area (Å²) in [4.78, 5) is 0. The molecule has 0 spiro atoms. The Morgan fingerprint density at radius 3 is 2.46 bits per heavy atom. The van der Waals surface area contributed by atoms with Gasteiger partial charge in [-0.2, -0.15) is 0 Å². The highest BCUT2D eigenvalue weighted by Gasteiger charge is 2.10. The molecule has 0 fully saturated rings. The standard InChI is InChI=1S/C9H12BrNO2/c1-12-7-4-3-6(5-11)8(10)9(7)13-2/h3-4H,5,11H2,1-2H3. The summed E-state index contributed by atoms with van der Waals surface area (Å²) in [7, 11) is 3.20. The zero-order valence-electron chi connectivity index (χ0n) is 7.63. The van der Waals surface area contributed by atoms with Crippen LogP contribution in [0.1, 0.15) is 5.56 Å². The maximum Gasteiger partial charge on any atom is 0.175 e. The molecule has 0 saturated carbocycles. The molecule has 0 heterocycles. The molecular formula is C9H12BrNO2. The van der Waals surface area contributed by atoms with Crippen molar-refractivity contribution in [1.82, 2.24) is 0 Å². The Morgan fingerprint density at radius 2 is 2.00 bits per heavy atom. The van der Waals surface area contributed by atoms with Gasteiger partial charge in [0.2, 0.25) is 0 Å². The van der Waals surface area contributed by atoms with Gasteiger partial charge >= 0.3 is 0 Å². The Hall–Kier alpha value is -0.740. The summed E-state index contributed by atoms with van der Waals surface area (Å²) < 4.78 is 11.2. The SMILES string of the molecule is COc1ccc(CN)c(Br)c1OC. The number of nitrogens with two attached hydrogens (primary N) is 1. The second-order valence-electron chi connectivity index (χ2n) is 2.48. The second-order valence-corrected chi connectivity index (χ2v) is 3.27. The van der Waals surface area contributed by atoms with E-state index in [1.54, 1.807) is 14.2 Å². The fraction of sp³-hybridized carbons (Fsp3) is 0.333. The number of hydrogen-bond donors (Lipinski definition) is 1. The molecule has 1 aromatic carbocycles. The first-order valence-corrected chi connectivity index (χ1v) is 4.63. The molecule has 0 aromatic heterocycles. The Bertz CT molecular complexity index is 302. The first-order chi connectivity index (χ1) is 6.24.